The third-order valence-corrected chi connectivity index (χ3v) is 3.27. The van der Waals surface area contributed by atoms with Gasteiger partial charge in [0.2, 0.25) is 0 Å². The lowest BCUT2D eigenvalue weighted by molar-refractivity contribution is -0.118. The number of hydrogen-bond acceptors (Lipinski definition) is 3. The van der Waals surface area contributed by atoms with Crippen LogP contribution in [0.4, 0.5) is 0 Å². The topological polar surface area (TPSA) is 29.4 Å². The van der Waals surface area contributed by atoms with Crippen LogP contribution in [-0.4, -0.2) is 22.6 Å². The summed E-state index contributed by atoms with van der Waals surface area (Å²) in [5.41, 5.74) is 0.879. The van der Waals surface area contributed by atoms with Crippen LogP contribution in [0.25, 0.3) is 0 Å². The maximum Gasteiger partial charge on any atom is 0.163 e. The van der Waals surface area contributed by atoms with Crippen LogP contribution in [0, 0.1) is 5.92 Å². The van der Waals surface area contributed by atoms with E-state index in [0.717, 1.165) is 16.4 Å². The molecule has 0 aromatic rings. The van der Waals surface area contributed by atoms with Gasteiger partial charge in [0.25, 0.3) is 0 Å². The highest BCUT2D eigenvalue weighted by atomic mass is 32.2. The summed E-state index contributed by atoms with van der Waals surface area (Å²) < 4.78 is 0. The normalized spacial score (nSPS) is 22.8. The molecule has 0 N–H and O–H groups in total. The lowest BCUT2D eigenvalue weighted by Crippen LogP contribution is -2.20. The lowest BCUT2D eigenvalue weighted by atomic mass is 9.96. The first-order valence-electron chi connectivity index (χ1n) is 4.94. The van der Waals surface area contributed by atoms with Crippen molar-refractivity contribution in [1.29, 1.82) is 0 Å². The van der Waals surface area contributed by atoms with Crippen LogP contribution in [0.3, 0.4) is 0 Å². The highest BCUT2D eigenvalue weighted by molar-refractivity contribution is 8.14. The number of thioether (sulfide) groups is 1. The number of hydrogen-bond donors (Lipinski definition) is 0. The Morgan fingerprint density at radius 2 is 2.29 bits per heavy atom. The predicted octanol–water partition coefficient (Wildman–Crippen LogP) is 2.69. The number of Topliss-reactive ketones (excluding diaryl/α,β-unsaturated/α-hetero) is 1. The van der Waals surface area contributed by atoms with Crippen molar-refractivity contribution in [2.24, 2.45) is 10.9 Å². The van der Waals surface area contributed by atoms with Crippen molar-refractivity contribution in [3.63, 3.8) is 0 Å². The molecule has 0 bridgehead atoms. The monoisotopic (exact) mass is 211 g/mol. The van der Waals surface area contributed by atoms with Crippen LogP contribution >= 0.6 is 11.8 Å². The van der Waals surface area contributed by atoms with E-state index in [4.69, 9.17) is 0 Å². The molecule has 0 spiro atoms. The van der Waals surface area contributed by atoms with Crippen molar-refractivity contribution in [2.45, 2.75) is 33.7 Å². The van der Waals surface area contributed by atoms with E-state index >= 15 is 0 Å². The van der Waals surface area contributed by atoms with Gasteiger partial charge in [-0.15, -0.1) is 11.8 Å². The SMILES string of the molecule is C/C=C(\C(=O)C(C)C)C1CSC(C)=N1. The van der Waals surface area contributed by atoms with Gasteiger partial charge < -0.3 is 0 Å². The molecule has 0 saturated carbocycles. The van der Waals surface area contributed by atoms with Gasteiger partial charge in [-0.25, -0.2) is 0 Å². The highest BCUT2D eigenvalue weighted by Crippen LogP contribution is 2.24. The Morgan fingerprint density at radius 3 is 2.64 bits per heavy atom. The molecule has 1 heterocycles. The fraction of sp³-hybridized carbons (Fsp3) is 0.636. The summed E-state index contributed by atoms with van der Waals surface area (Å²) in [6.45, 7) is 7.79. The zero-order chi connectivity index (χ0) is 10.7. The van der Waals surface area contributed by atoms with Crippen LogP contribution in [0.1, 0.15) is 27.7 Å². The molecule has 78 valence electrons. The minimum Gasteiger partial charge on any atom is -0.294 e. The van der Waals surface area contributed by atoms with E-state index in [2.05, 4.69) is 4.99 Å². The standard InChI is InChI=1S/C11H17NOS/c1-5-9(11(13)7(2)3)10-6-14-8(4)12-10/h5,7,10H,6H2,1-4H3/b9-5-. The molecule has 2 nitrogen and oxygen atoms in total. The van der Waals surface area contributed by atoms with Crippen LogP contribution < -0.4 is 0 Å². The first-order chi connectivity index (χ1) is 6.56. The maximum atomic E-state index is 11.8. The fourth-order valence-corrected chi connectivity index (χ4v) is 2.34. The van der Waals surface area contributed by atoms with Crippen LogP contribution in [0.5, 0.6) is 0 Å². The maximum absolute atomic E-state index is 11.8. The molecule has 0 amide bonds. The van der Waals surface area contributed by atoms with E-state index in [1.165, 1.54) is 0 Å². The Bertz CT molecular complexity index is 292. The van der Waals surface area contributed by atoms with E-state index in [-0.39, 0.29) is 17.7 Å². The van der Waals surface area contributed by atoms with Gasteiger partial charge in [0.1, 0.15) is 0 Å². The molecule has 0 fully saturated rings. The number of rotatable bonds is 3. The summed E-state index contributed by atoms with van der Waals surface area (Å²) in [6.07, 6.45) is 1.91. The van der Waals surface area contributed by atoms with Crippen LogP contribution in [-0.2, 0) is 4.79 Å². The van der Waals surface area contributed by atoms with Gasteiger partial charge in [0.05, 0.1) is 11.1 Å². The molecule has 1 aliphatic heterocycles. The largest absolute Gasteiger partial charge is 0.294 e. The second kappa shape index (κ2) is 4.78. The highest BCUT2D eigenvalue weighted by Gasteiger charge is 2.25. The molecular weight excluding hydrogens is 194 g/mol. The Kier molecular flexibility index (Phi) is 3.93. The number of ketones is 1. The molecular formula is C11H17NOS. The molecule has 3 heteroatoms. The number of allylic oxidation sites excluding steroid dienone is 1. The van der Waals surface area contributed by atoms with Crippen LogP contribution in [0.15, 0.2) is 16.6 Å². The zero-order valence-electron chi connectivity index (χ0n) is 9.20. The number of carbonyl (C=O) groups is 1. The Morgan fingerprint density at radius 1 is 1.64 bits per heavy atom. The third kappa shape index (κ3) is 2.47. The van der Waals surface area contributed by atoms with Gasteiger partial charge in [-0.3, -0.25) is 9.79 Å². The summed E-state index contributed by atoms with van der Waals surface area (Å²) in [4.78, 5) is 16.3. The second-order valence-electron chi connectivity index (χ2n) is 3.74. The van der Waals surface area contributed by atoms with Gasteiger partial charge in [-0.1, -0.05) is 19.9 Å². The third-order valence-electron chi connectivity index (χ3n) is 2.27. The molecule has 0 aromatic carbocycles. The summed E-state index contributed by atoms with van der Waals surface area (Å²) in [6, 6.07) is 0.0971. The predicted molar refractivity (Wildman–Crippen MR) is 63.0 cm³/mol. The van der Waals surface area contributed by atoms with E-state index in [0.29, 0.717) is 0 Å². The summed E-state index contributed by atoms with van der Waals surface area (Å²) >= 11 is 1.74. The van der Waals surface area contributed by atoms with Gasteiger partial charge in [-0.05, 0) is 13.8 Å². The van der Waals surface area contributed by atoms with Crippen molar-refractivity contribution in [2.75, 3.05) is 5.75 Å². The molecule has 14 heavy (non-hydrogen) atoms. The fourth-order valence-electron chi connectivity index (χ4n) is 1.49. The number of aliphatic imine (C=N–C) groups is 1. The molecule has 1 rings (SSSR count). The molecule has 0 aromatic heterocycles. The van der Waals surface area contributed by atoms with E-state index in [9.17, 15) is 4.79 Å². The number of carbonyl (C=O) groups excluding carboxylic acids is 1. The first kappa shape index (κ1) is 11.5. The van der Waals surface area contributed by atoms with Crippen molar-refractivity contribution < 1.29 is 4.79 Å². The average molecular weight is 211 g/mol. The molecule has 0 saturated heterocycles. The van der Waals surface area contributed by atoms with Gasteiger partial charge >= 0.3 is 0 Å². The van der Waals surface area contributed by atoms with E-state index in [1.807, 2.05) is 33.8 Å². The second-order valence-corrected chi connectivity index (χ2v) is 4.95. The molecule has 0 radical (unpaired) electrons. The average Bonchev–Trinajstić information content (AvgIpc) is 2.53. The van der Waals surface area contributed by atoms with E-state index < -0.39 is 0 Å². The quantitative estimate of drug-likeness (QED) is 0.672. The molecule has 0 aliphatic carbocycles. The summed E-state index contributed by atoms with van der Waals surface area (Å²) in [5.74, 6) is 1.23. The van der Waals surface area contributed by atoms with E-state index in [1.54, 1.807) is 11.8 Å². The smallest absolute Gasteiger partial charge is 0.163 e. The summed E-state index contributed by atoms with van der Waals surface area (Å²) in [5, 5.41) is 1.09. The van der Waals surface area contributed by atoms with Gasteiger partial charge in [0.15, 0.2) is 5.78 Å². The van der Waals surface area contributed by atoms with Gasteiger partial charge in [0, 0.05) is 17.2 Å². The minimum absolute atomic E-state index is 0.0716. The number of nitrogens with zero attached hydrogens (tertiary/aromatic N) is 1. The van der Waals surface area contributed by atoms with Crippen molar-refractivity contribution >= 4 is 22.6 Å². The zero-order valence-corrected chi connectivity index (χ0v) is 10.0. The summed E-state index contributed by atoms with van der Waals surface area (Å²) in [7, 11) is 0. The van der Waals surface area contributed by atoms with Crippen molar-refractivity contribution in [3.05, 3.63) is 11.6 Å². The Balaban J connectivity index is 2.79. The lowest BCUT2D eigenvalue weighted by Gasteiger charge is -2.12. The van der Waals surface area contributed by atoms with Crippen molar-refractivity contribution in [1.82, 2.24) is 0 Å². The Labute approximate surface area is 89.9 Å². The Hall–Kier alpha value is -0.570. The minimum atomic E-state index is 0.0716. The van der Waals surface area contributed by atoms with Crippen molar-refractivity contribution in [3.8, 4) is 0 Å². The van der Waals surface area contributed by atoms with Gasteiger partial charge in [-0.2, -0.15) is 0 Å². The molecule has 1 unspecified atom stereocenters. The molecule has 1 aliphatic rings. The molecule has 1 atom stereocenters. The first-order valence-corrected chi connectivity index (χ1v) is 5.92. The van der Waals surface area contributed by atoms with Crippen LogP contribution in [0.2, 0.25) is 0 Å².